The maximum Gasteiger partial charge on any atom is 0.173 e. The molecule has 0 aromatic heterocycles. The fourth-order valence-corrected chi connectivity index (χ4v) is 4.07. The molecule has 5 nitrogen and oxygen atoms in total. The zero-order valence-electron chi connectivity index (χ0n) is 15.6. The number of nitrogens with one attached hydrogen (secondary N) is 1. The van der Waals surface area contributed by atoms with Gasteiger partial charge in [-0.05, 0) is 58.0 Å². The van der Waals surface area contributed by atoms with E-state index >= 15 is 0 Å². The number of thiocarbonyl (C=S) groups is 1. The van der Waals surface area contributed by atoms with Crippen LogP contribution in [0.5, 0.6) is 11.5 Å². The molecule has 0 spiro atoms. The molecule has 0 fully saturated rings. The highest BCUT2D eigenvalue weighted by molar-refractivity contribution is 7.80. The molecule has 0 saturated carbocycles. The average Bonchev–Trinajstić information content (AvgIpc) is 2.62. The zero-order valence-corrected chi connectivity index (χ0v) is 16.4. The highest BCUT2D eigenvalue weighted by atomic mass is 32.1. The maximum absolute atomic E-state index is 12.8. The molecule has 0 bridgehead atoms. The van der Waals surface area contributed by atoms with Gasteiger partial charge in [0, 0.05) is 35.9 Å². The quantitative estimate of drug-likeness (QED) is 0.766. The molecular formula is C20H26N2O3S. The SMILES string of the molecule is CCOc1ccc(C2NC(=S)N(CC)C3=C2C(=O)CCC3)c(OCC)c1. The minimum atomic E-state index is -0.273. The first-order valence-electron chi connectivity index (χ1n) is 9.34. The second kappa shape index (κ2) is 8.08. The minimum absolute atomic E-state index is 0.195. The van der Waals surface area contributed by atoms with Gasteiger partial charge in [-0.15, -0.1) is 0 Å². The van der Waals surface area contributed by atoms with Crippen molar-refractivity contribution in [2.45, 2.75) is 46.1 Å². The average molecular weight is 375 g/mol. The molecule has 2 aliphatic rings. The molecule has 1 atom stereocenters. The van der Waals surface area contributed by atoms with Crippen molar-refractivity contribution in [3.05, 3.63) is 35.0 Å². The molecule has 1 unspecified atom stereocenters. The number of ether oxygens (including phenoxy) is 2. The fraction of sp³-hybridized carbons (Fsp3) is 0.500. The lowest BCUT2D eigenvalue weighted by molar-refractivity contribution is -0.116. The molecule has 1 N–H and O–H groups in total. The van der Waals surface area contributed by atoms with E-state index in [1.54, 1.807) is 0 Å². The number of carbonyl (C=O) groups excluding carboxylic acids is 1. The Labute approximate surface area is 160 Å². The molecule has 0 saturated heterocycles. The van der Waals surface area contributed by atoms with E-state index in [-0.39, 0.29) is 11.8 Å². The third kappa shape index (κ3) is 3.43. The van der Waals surface area contributed by atoms with Gasteiger partial charge in [-0.2, -0.15) is 0 Å². The van der Waals surface area contributed by atoms with Crippen molar-refractivity contribution in [2.24, 2.45) is 0 Å². The Bertz CT molecular complexity index is 745. The van der Waals surface area contributed by atoms with E-state index in [0.717, 1.165) is 47.7 Å². The third-order valence-electron chi connectivity index (χ3n) is 4.78. The van der Waals surface area contributed by atoms with Gasteiger partial charge in [-0.3, -0.25) is 4.79 Å². The van der Waals surface area contributed by atoms with E-state index in [0.29, 0.717) is 24.7 Å². The van der Waals surface area contributed by atoms with E-state index in [2.05, 4.69) is 12.2 Å². The lowest BCUT2D eigenvalue weighted by atomic mass is 9.84. The van der Waals surface area contributed by atoms with Crippen molar-refractivity contribution in [3.63, 3.8) is 0 Å². The van der Waals surface area contributed by atoms with E-state index in [9.17, 15) is 4.79 Å². The van der Waals surface area contributed by atoms with Gasteiger partial charge in [-0.25, -0.2) is 0 Å². The van der Waals surface area contributed by atoms with Gasteiger partial charge in [0.05, 0.1) is 19.3 Å². The first-order chi connectivity index (χ1) is 12.6. The van der Waals surface area contributed by atoms with Gasteiger partial charge < -0.3 is 19.7 Å². The van der Waals surface area contributed by atoms with Crippen LogP contribution in [-0.2, 0) is 4.79 Å². The van der Waals surface area contributed by atoms with Gasteiger partial charge in [0.25, 0.3) is 0 Å². The summed E-state index contributed by atoms with van der Waals surface area (Å²) in [5, 5.41) is 4.04. The van der Waals surface area contributed by atoms with E-state index in [1.165, 1.54) is 0 Å². The number of carbonyl (C=O) groups is 1. The Morgan fingerprint density at radius 1 is 1.19 bits per heavy atom. The molecule has 1 heterocycles. The predicted octanol–water partition coefficient (Wildman–Crippen LogP) is 3.74. The number of hydrogen-bond donors (Lipinski definition) is 1. The van der Waals surface area contributed by atoms with Crippen molar-refractivity contribution < 1.29 is 14.3 Å². The smallest absolute Gasteiger partial charge is 0.173 e. The molecule has 0 radical (unpaired) electrons. The van der Waals surface area contributed by atoms with E-state index < -0.39 is 0 Å². The second-order valence-corrected chi connectivity index (χ2v) is 6.72. The molecule has 3 rings (SSSR count). The number of allylic oxidation sites excluding steroid dienone is 1. The topological polar surface area (TPSA) is 50.8 Å². The molecule has 1 aliphatic heterocycles. The van der Waals surface area contributed by atoms with Crippen LogP contribution in [0.3, 0.4) is 0 Å². The lowest BCUT2D eigenvalue weighted by Crippen LogP contribution is -2.49. The van der Waals surface area contributed by atoms with E-state index in [1.807, 2.05) is 36.9 Å². The van der Waals surface area contributed by atoms with Crippen LogP contribution >= 0.6 is 12.2 Å². The lowest BCUT2D eigenvalue weighted by Gasteiger charge is -2.40. The Kier molecular flexibility index (Phi) is 5.81. The van der Waals surface area contributed by atoms with Gasteiger partial charge in [-0.1, -0.05) is 0 Å². The van der Waals surface area contributed by atoms with Crippen LogP contribution in [0.15, 0.2) is 29.5 Å². The van der Waals surface area contributed by atoms with Crippen molar-refractivity contribution in [1.29, 1.82) is 0 Å². The Balaban J connectivity index is 2.09. The summed E-state index contributed by atoms with van der Waals surface area (Å²) in [6.45, 7) is 7.85. The number of nitrogens with zero attached hydrogens (tertiary/aromatic N) is 1. The molecular weight excluding hydrogens is 348 g/mol. The summed E-state index contributed by atoms with van der Waals surface area (Å²) in [5.74, 6) is 1.69. The van der Waals surface area contributed by atoms with Crippen LogP contribution in [-0.4, -0.2) is 35.6 Å². The maximum atomic E-state index is 12.8. The van der Waals surface area contributed by atoms with Crippen LogP contribution in [0.4, 0.5) is 0 Å². The highest BCUT2D eigenvalue weighted by Gasteiger charge is 2.37. The molecule has 1 aromatic rings. The molecule has 0 amide bonds. The van der Waals surface area contributed by atoms with Crippen molar-refractivity contribution in [2.75, 3.05) is 19.8 Å². The summed E-state index contributed by atoms with van der Waals surface area (Å²) >= 11 is 5.59. The van der Waals surface area contributed by atoms with Gasteiger partial charge >= 0.3 is 0 Å². The molecule has 1 aliphatic carbocycles. The predicted molar refractivity (Wildman–Crippen MR) is 106 cm³/mol. The summed E-state index contributed by atoms with van der Waals surface area (Å²) in [6, 6.07) is 5.52. The van der Waals surface area contributed by atoms with E-state index in [4.69, 9.17) is 21.7 Å². The molecule has 140 valence electrons. The third-order valence-corrected chi connectivity index (χ3v) is 5.12. The van der Waals surface area contributed by atoms with Crippen molar-refractivity contribution >= 4 is 23.1 Å². The molecule has 6 heteroatoms. The number of ketones is 1. The Hall–Kier alpha value is -2.08. The molecule has 1 aromatic carbocycles. The van der Waals surface area contributed by atoms with Crippen molar-refractivity contribution in [3.8, 4) is 11.5 Å². The number of rotatable bonds is 6. The van der Waals surface area contributed by atoms with Crippen LogP contribution < -0.4 is 14.8 Å². The van der Waals surface area contributed by atoms with Crippen LogP contribution in [0.25, 0.3) is 0 Å². The van der Waals surface area contributed by atoms with Crippen LogP contribution in [0.1, 0.15) is 51.6 Å². The first-order valence-corrected chi connectivity index (χ1v) is 9.75. The monoisotopic (exact) mass is 374 g/mol. The Morgan fingerprint density at radius 3 is 2.65 bits per heavy atom. The summed E-state index contributed by atoms with van der Waals surface area (Å²) in [7, 11) is 0. The summed E-state index contributed by atoms with van der Waals surface area (Å²) < 4.78 is 11.5. The van der Waals surface area contributed by atoms with Gasteiger partial charge in [0.1, 0.15) is 11.5 Å². The number of Topliss-reactive ketones (excluding diaryl/α,β-unsaturated/α-hetero) is 1. The minimum Gasteiger partial charge on any atom is -0.494 e. The second-order valence-electron chi connectivity index (χ2n) is 6.33. The number of hydrogen-bond acceptors (Lipinski definition) is 4. The standard InChI is InChI=1S/C20H26N2O3S/c1-4-22-15-8-7-9-16(23)18(15)19(21-20(22)26)14-11-10-13(24-5-2)12-17(14)25-6-3/h10-12,19H,4-9H2,1-3H3,(H,21,26). The fourth-order valence-electron chi connectivity index (χ4n) is 3.71. The van der Waals surface area contributed by atoms with Crippen molar-refractivity contribution in [1.82, 2.24) is 10.2 Å². The summed E-state index contributed by atoms with van der Waals surface area (Å²) in [5.41, 5.74) is 2.82. The van der Waals surface area contributed by atoms with Gasteiger partial charge in [0.15, 0.2) is 10.9 Å². The number of benzene rings is 1. The summed E-state index contributed by atoms with van der Waals surface area (Å²) in [6.07, 6.45) is 2.35. The Morgan fingerprint density at radius 2 is 1.96 bits per heavy atom. The highest BCUT2D eigenvalue weighted by Crippen LogP contribution is 2.41. The van der Waals surface area contributed by atoms with Crippen LogP contribution in [0, 0.1) is 0 Å². The molecule has 26 heavy (non-hydrogen) atoms. The normalized spacial score (nSPS) is 20.0. The largest absolute Gasteiger partial charge is 0.494 e. The van der Waals surface area contributed by atoms with Crippen LogP contribution in [0.2, 0.25) is 0 Å². The summed E-state index contributed by atoms with van der Waals surface area (Å²) in [4.78, 5) is 14.8. The van der Waals surface area contributed by atoms with Gasteiger partial charge in [0.2, 0.25) is 0 Å². The first kappa shape index (κ1) is 18.7. The zero-order chi connectivity index (χ0) is 18.7.